The van der Waals surface area contributed by atoms with E-state index in [9.17, 15) is 0 Å². The second-order valence-electron chi connectivity index (χ2n) is 0.914. The van der Waals surface area contributed by atoms with Gasteiger partial charge in [-0.15, -0.1) is 24.0 Å². The van der Waals surface area contributed by atoms with Gasteiger partial charge in [0.1, 0.15) is 0 Å². The van der Waals surface area contributed by atoms with Crippen LogP contribution in [0.5, 0.6) is 0 Å². The summed E-state index contributed by atoms with van der Waals surface area (Å²) in [5.74, 6) is 0.361. The quantitative estimate of drug-likeness (QED) is 0.410. The molecule has 0 atom stereocenters. The highest BCUT2D eigenvalue weighted by atomic mass is 35.5. The Morgan fingerprint density at radius 3 is 2.00 bits per heavy atom. The Balaban J connectivity index is 0. The van der Waals surface area contributed by atoms with Crippen molar-refractivity contribution in [1.29, 1.82) is 5.41 Å². The van der Waals surface area contributed by atoms with Gasteiger partial charge in [-0.2, -0.15) is 0 Å². The van der Waals surface area contributed by atoms with Gasteiger partial charge >= 0.3 is 0 Å². The Bertz CT molecular complexity index is 44.1. The van der Waals surface area contributed by atoms with E-state index in [1.165, 1.54) is 0 Å². The zero-order valence-corrected chi connectivity index (χ0v) is 5.07. The Labute approximate surface area is 48.6 Å². The lowest BCUT2D eigenvalue weighted by Gasteiger charge is -1.75. The van der Waals surface area contributed by atoms with Crippen LogP contribution in [0.4, 0.5) is 0 Å². The van der Waals surface area contributed by atoms with Crippen molar-refractivity contribution in [3.63, 3.8) is 0 Å². The van der Waals surface area contributed by atoms with E-state index in [0.29, 0.717) is 11.6 Å². The molecule has 0 unspecified atom stereocenters. The molecule has 0 aromatic carbocycles. The molecule has 0 rings (SSSR count). The molecule has 0 aliphatic carbocycles. The average molecular weight is 128 g/mol. The fourth-order valence-electron chi connectivity index (χ4n) is 0. The molecule has 38 valence electrons. The standard InChI is InChI=1S/C3H6ClN.ClH/c1-3(5)2-4;/h5H,2H2,1H3;1H. The first-order chi connectivity index (χ1) is 2.27. The molecule has 0 radical (unpaired) electrons. The molecule has 0 aromatic heterocycles. The minimum absolute atomic E-state index is 0. The summed E-state index contributed by atoms with van der Waals surface area (Å²) in [4.78, 5) is 0. The SMILES string of the molecule is CC(=N)CCl.Cl. The van der Waals surface area contributed by atoms with Crippen molar-refractivity contribution in [2.45, 2.75) is 6.92 Å². The summed E-state index contributed by atoms with van der Waals surface area (Å²) in [6.45, 7) is 1.67. The second kappa shape index (κ2) is 5.25. The topological polar surface area (TPSA) is 23.9 Å². The van der Waals surface area contributed by atoms with Crippen molar-refractivity contribution in [3.8, 4) is 0 Å². The van der Waals surface area contributed by atoms with Crippen molar-refractivity contribution in [1.82, 2.24) is 0 Å². The molecule has 0 heterocycles. The van der Waals surface area contributed by atoms with E-state index in [-0.39, 0.29) is 12.4 Å². The molecule has 1 N–H and O–H groups in total. The van der Waals surface area contributed by atoms with Gasteiger partial charge < -0.3 is 5.41 Å². The van der Waals surface area contributed by atoms with Gasteiger partial charge in [0.25, 0.3) is 0 Å². The van der Waals surface area contributed by atoms with Gasteiger partial charge in [-0.1, -0.05) is 0 Å². The molecule has 0 saturated carbocycles. The first-order valence-electron chi connectivity index (χ1n) is 1.37. The summed E-state index contributed by atoms with van der Waals surface area (Å²) in [6.07, 6.45) is 0. The molecule has 0 aromatic rings. The van der Waals surface area contributed by atoms with Gasteiger partial charge in [-0.25, -0.2) is 0 Å². The van der Waals surface area contributed by atoms with Crippen LogP contribution in [0.3, 0.4) is 0 Å². The minimum Gasteiger partial charge on any atom is -0.309 e. The lowest BCUT2D eigenvalue weighted by atomic mass is 10.5. The normalized spacial score (nSPS) is 6.33. The Morgan fingerprint density at radius 2 is 2.00 bits per heavy atom. The predicted octanol–water partition coefficient (Wildman–Crippen LogP) is 1.69. The number of alkyl halides is 1. The molecule has 6 heavy (non-hydrogen) atoms. The summed E-state index contributed by atoms with van der Waals surface area (Å²) in [5, 5.41) is 6.61. The van der Waals surface area contributed by atoms with Crippen LogP contribution in [0.1, 0.15) is 6.92 Å². The summed E-state index contributed by atoms with van der Waals surface area (Å²) in [6, 6.07) is 0. The van der Waals surface area contributed by atoms with Crippen molar-refractivity contribution < 1.29 is 0 Å². The van der Waals surface area contributed by atoms with Crippen molar-refractivity contribution in [3.05, 3.63) is 0 Å². The van der Waals surface area contributed by atoms with E-state index in [1.807, 2.05) is 0 Å². The third-order valence-corrected chi connectivity index (χ3v) is 0.601. The lowest BCUT2D eigenvalue weighted by molar-refractivity contribution is 1.46. The zero-order chi connectivity index (χ0) is 4.28. The molecule has 0 spiro atoms. The van der Waals surface area contributed by atoms with E-state index < -0.39 is 0 Å². The number of hydrogen-bond donors (Lipinski definition) is 1. The highest BCUT2D eigenvalue weighted by Crippen LogP contribution is 1.72. The number of halogens is 2. The predicted molar refractivity (Wildman–Crippen MR) is 31.4 cm³/mol. The monoisotopic (exact) mass is 127 g/mol. The van der Waals surface area contributed by atoms with Gasteiger partial charge in [0.2, 0.25) is 0 Å². The van der Waals surface area contributed by atoms with E-state index in [4.69, 9.17) is 17.0 Å². The molecule has 0 fully saturated rings. The Kier molecular flexibility index (Phi) is 8.35. The van der Waals surface area contributed by atoms with Crippen LogP contribution in [0.2, 0.25) is 0 Å². The van der Waals surface area contributed by atoms with Crippen LogP contribution in [-0.2, 0) is 0 Å². The first kappa shape index (κ1) is 9.54. The highest BCUT2D eigenvalue weighted by Gasteiger charge is 1.73. The maximum atomic E-state index is 6.61. The molecular formula is C3H7Cl2N. The van der Waals surface area contributed by atoms with Crippen LogP contribution in [-0.4, -0.2) is 11.6 Å². The summed E-state index contributed by atoms with van der Waals surface area (Å²) in [5.41, 5.74) is 0.520. The number of nitrogens with one attached hydrogen (secondary N) is 1. The molecule has 0 bridgehead atoms. The maximum Gasteiger partial charge on any atom is 0.0598 e. The van der Waals surface area contributed by atoms with Crippen molar-refractivity contribution >= 4 is 29.7 Å². The van der Waals surface area contributed by atoms with E-state index in [2.05, 4.69) is 0 Å². The van der Waals surface area contributed by atoms with E-state index in [1.54, 1.807) is 6.92 Å². The van der Waals surface area contributed by atoms with Gasteiger partial charge in [0.15, 0.2) is 0 Å². The number of rotatable bonds is 1. The van der Waals surface area contributed by atoms with Crippen LogP contribution in [0.25, 0.3) is 0 Å². The Morgan fingerprint density at radius 1 is 1.83 bits per heavy atom. The van der Waals surface area contributed by atoms with Gasteiger partial charge in [-0.05, 0) is 6.92 Å². The third-order valence-electron chi connectivity index (χ3n) is 0.200. The molecule has 0 saturated heterocycles. The van der Waals surface area contributed by atoms with Crippen molar-refractivity contribution in [2.75, 3.05) is 5.88 Å². The smallest absolute Gasteiger partial charge is 0.0598 e. The van der Waals surface area contributed by atoms with Crippen LogP contribution in [0, 0.1) is 5.41 Å². The maximum absolute atomic E-state index is 6.61. The highest BCUT2D eigenvalue weighted by molar-refractivity contribution is 6.27. The fourth-order valence-corrected chi connectivity index (χ4v) is 0. The average Bonchev–Trinajstić information content (AvgIpc) is 1.38. The van der Waals surface area contributed by atoms with Crippen LogP contribution < -0.4 is 0 Å². The fraction of sp³-hybridized carbons (Fsp3) is 0.667. The first-order valence-corrected chi connectivity index (χ1v) is 1.91. The summed E-state index contributed by atoms with van der Waals surface area (Å²) < 4.78 is 0. The largest absolute Gasteiger partial charge is 0.309 e. The Hall–Kier alpha value is 0.250. The zero-order valence-electron chi connectivity index (χ0n) is 3.49. The second-order valence-corrected chi connectivity index (χ2v) is 1.18. The van der Waals surface area contributed by atoms with E-state index in [0.717, 1.165) is 0 Å². The van der Waals surface area contributed by atoms with Gasteiger partial charge in [-0.3, -0.25) is 0 Å². The molecule has 3 heteroatoms. The molecule has 0 aliphatic heterocycles. The minimum atomic E-state index is 0. The van der Waals surface area contributed by atoms with Crippen LogP contribution in [0.15, 0.2) is 0 Å². The molecular weight excluding hydrogens is 121 g/mol. The van der Waals surface area contributed by atoms with E-state index >= 15 is 0 Å². The van der Waals surface area contributed by atoms with Gasteiger partial charge in [0, 0.05) is 5.71 Å². The lowest BCUT2D eigenvalue weighted by Crippen LogP contribution is -1.84. The summed E-state index contributed by atoms with van der Waals surface area (Å²) >= 11 is 5.11. The summed E-state index contributed by atoms with van der Waals surface area (Å²) in [7, 11) is 0. The molecule has 0 amide bonds. The van der Waals surface area contributed by atoms with Crippen molar-refractivity contribution in [2.24, 2.45) is 0 Å². The third kappa shape index (κ3) is 8.87. The number of hydrogen-bond acceptors (Lipinski definition) is 1. The molecule has 1 nitrogen and oxygen atoms in total. The van der Waals surface area contributed by atoms with Gasteiger partial charge in [0.05, 0.1) is 5.88 Å². The van der Waals surface area contributed by atoms with Crippen LogP contribution >= 0.6 is 24.0 Å². The molecule has 0 aliphatic rings.